The fourth-order valence-corrected chi connectivity index (χ4v) is 2.26. The van der Waals surface area contributed by atoms with E-state index < -0.39 is 5.97 Å². The van der Waals surface area contributed by atoms with Gasteiger partial charge in [-0.1, -0.05) is 34.1 Å². The van der Waals surface area contributed by atoms with Crippen LogP contribution in [0, 0.1) is 0 Å². The first-order valence-corrected chi connectivity index (χ1v) is 7.70. The summed E-state index contributed by atoms with van der Waals surface area (Å²) in [6, 6.07) is 14.2. The molecule has 0 saturated carbocycles. The maximum atomic E-state index is 11.8. The summed E-state index contributed by atoms with van der Waals surface area (Å²) in [5, 5.41) is 2.69. The number of methoxy groups -OCH3 is 1. The van der Waals surface area contributed by atoms with Gasteiger partial charge in [0.25, 0.3) is 5.91 Å². The summed E-state index contributed by atoms with van der Waals surface area (Å²) in [4.78, 5) is 23.6. The van der Waals surface area contributed by atoms with Crippen LogP contribution in [0.25, 0.3) is 0 Å². The molecule has 0 unspecified atom stereocenters. The highest BCUT2D eigenvalue weighted by molar-refractivity contribution is 9.10. The number of benzene rings is 2. The minimum atomic E-state index is -0.539. The molecule has 0 aromatic heterocycles. The first-order valence-electron chi connectivity index (χ1n) is 6.91. The van der Waals surface area contributed by atoms with Crippen molar-refractivity contribution in [2.75, 3.05) is 13.7 Å². The molecule has 0 aliphatic carbocycles. The minimum Gasteiger partial charge on any atom is -0.497 e. The van der Waals surface area contributed by atoms with Crippen molar-refractivity contribution in [1.82, 2.24) is 5.32 Å². The number of carbonyl (C=O) groups is 2. The van der Waals surface area contributed by atoms with Crippen molar-refractivity contribution in [1.29, 1.82) is 0 Å². The van der Waals surface area contributed by atoms with Gasteiger partial charge in [-0.3, -0.25) is 4.79 Å². The van der Waals surface area contributed by atoms with E-state index in [1.807, 2.05) is 24.3 Å². The molecule has 120 valence electrons. The first kappa shape index (κ1) is 17.0. The lowest BCUT2D eigenvalue weighted by atomic mass is 10.2. The predicted octanol–water partition coefficient (Wildman–Crippen LogP) is 2.93. The molecule has 2 aromatic rings. The maximum Gasteiger partial charge on any atom is 0.338 e. The minimum absolute atomic E-state index is 0.324. The SMILES string of the molecule is COc1cccc(CNC(=O)COC(=O)c2cccc(Br)c2)c1. The van der Waals surface area contributed by atoms with Gasteiger partial charge in [-0.25, -0.2) is 4.79 Å². The topological polar surface area (TPSA) is 64.6 Å². The molecule has 0 saturated heterocycles. The molecular weight excluding hydrogens is 362 g/mol. The molecule has 0 aliphatic heterocycles. The van der Waals surface area contributed by atoms with E-state index >= 15 is 0 Å². The lowest BCUT2D eigenvalue weighted by Gasteiger charge is -2.08. The van der Waals surface area contributed by atoms with Gasteiger partial charge in [0.2, 0.25) is 0 Å². The highest BCUT2D eigenvalue weighted by atomic mass is 79.9. The van der Waals surface area contributed by atoms with Gasteiger partial charge in [-0.05, 0) is 35.9 Å². The first-order chi connectivity index (χ1) is 11.1. The highest BCUT2D eigenvalue weighted by Crippen LogP contribution is 2.13. The van der Waals surface area contributed by atoms with Crippen molar-refractivity contribution >= 4 is 27.8 Å². The zero-order chi connectivity index (χ0) is 16.7. The highest BCUT2D eigenvalue weighted by Gasteiger charge is 2.10. The van der Waals surface area contributed by atoms with Crippen LogP contribution in [0.4, 0.5) is 0 Å². The summed E-state index contributed by atoms with van der Waals surface area (Å²) in [5.74, 6) is -0.183. The largest absolute Gasteiger partial charge is 0.497 e. The number of hydrogen-bond acceptors (Lipinski definition) is 4. The molecular formula is C17H16BrNO4. The van der Waals surface area contributed by atoms with Gasteiger partial charge in [0.15, 0.2) is 6.61 Å². The molecule has 2 rings (SSSR count). The number of amides is 1. The van der Waals surface area contributed by atoms with Gasteiger partial charge in [-0.15, -0.1) is 0 Å². The Bertz CT molecular complexity index is 702. The monoisotopic (exact) mass is 377 g/mol. The molecule has 0 atom stereocenters. The third kappa shape index (κ3) is 5.41. The van der Waals surface area contributed by atoms with Crippen LogP contribution in [0.2, 0.25) is 0 Å². The van der Waals surface area contributed by atoms with Crippen LogP contribution in [0.15, 0.2) is 53.0 Å². The van der Waals surface area contributed by atoms with Gasteiger partial charge >= 0.3 is 5.97 Å². The standard InChI is InChI=1S/C17H16BrNO4/c1-22-15-7-2-4-12(8-15)10-19-16(20)11-23-17(21)13-5-3-6-14(18)9-13/h2-9H,10-11H2,1H3,(H,19,20). The molecule has 0 radical (unpaired) electrons. The Hall–Kier alpha value is -2.34. The number of rotatable bonds is 6. The third-order valence-corrected chi connectivity index (χ3v) is 3.51. The van der Waals surface area contributed by atoms with Gasteiger partial charge in [-0.2, -0.15) is 0 Å². The Morgan fingerprint density at radius 2 is 1.91 bits per heavy atom. The van der Waals surface area contributed by atoms with E-state index in [9.17, 15) is 9.59 Å². The summed E-state index contributed by atoms with van der Waals surface area (Å²) in [6.45, 7) is 0.0137. The van der Waals surface area contributed by atoms with Crippen molar-refractivity contribution in [2.24, 2.45) is 0 Å². The molecule has 0 heterocycles. The number of carbonyl (C=O) groups excluding carboxylic acids is 2. The zero-order valence-corrected chi connectivity index (χ0v) is 14.1. The normalized spacial score (nSPS) is 10.0. The van der Waals surface area contributed by atoms with Gasteiger partial charge < -0.3 is 14.8 Å². The van der Waals surface area contributed by atoms with Gasteiger partial charge in [0.1, 0.15) is 5.75 Å². The van der Waals surface area contributed by atoms with E-state index in [0.717, 1.165) is 15.8 Å². The second kappa shape index (κ2) is 8.33. The van der Waals surface area contributed by atoms with Crippen LogP contribution in [-0.2, 0) is 16.1 Å². The van der Waals surface area contributed by atoms with E-state index in [1.165, 1.54) is 0 Å². The molecule has 1 amide bonds. The lowest BCUT2D eigenvalue weighted by molar-refractivity contribution is -0.124. The second-order valence-corrected chi connectivity index (χ2v) is 5.63. The third-order valence-electron chi connectivity index (χ3n) is 3.02. The van der Waals surface area contributed by atoms with Gasteiger partial charge in [0.05, 0.1) is 12.7 Å². The number of ether oxygens (including phenoxy) is 2. The Labute approximate surface area is 142 Å². The molecule has 0 aliphatic rings. The molecule has 0 spiro atoms. The fourth-order valence-electron chi connectivity index (χ4n) is 1.86. The van der Waals surface area contributed by atoms with Crippen LogP contribution in [0.3, 0.4) is 0 Å². The van der Waals surface area contributed by atoms with E-state index in [4.69, 9.17) is 9.47 Å². The summed E-state index contributed by atoms with van der Waals surface area (Å²) in [7, 11) is 1.58. The quantitative estimate of drug-likeness (QED) is 0.786. The summed E-state index contributed by atoms with van der Waals surface area (Å²) >= 11 is 3.28. The van der Waals surface area contributed by atoms with Crippen molar-refractivity contribution in [3.8, 4) is 5.75 Å². The van der Waals surface area contributed by atoms with Crippen LogP contribution in [-0.4, -0.2) is 25.6 Å². The summed E-state index contributed by atoms with van der Waals surface area (Å²) in [5.41, 5.74) is 1.29. The van der Waals surface area contributed by atoms with Crippen molar-refractivity contribution in [2.45, 2.75) is 6.54 Å². The Balaban J connectivity index is 1.79. The van der Waals surface area contributed by atoms with Gasteiger partial charge in [0, 0.05) is 11.0 Å². The smallest absolute Gasteiger partial charge is 0.338 e. The number of halogens is 1. The van der Waals surface area contributed by atoms with Crippen molar-refractivity contribution in [3.05, 3.63) is 64.1 Å². The molecule has 23 heavy (non-hydrogen) atoms. The zero-order valence-electron chi connectivity index (χ0n) is 12.5. The molecule has 0 bridgehead atoms. The number of hydrogen-bond donors (Lipinski definition) is 1. The summed E-state index contributed by atoms with van der Waals surface area (Å²) in [6.07, 6.45) is 0. The average molecular weight is 378 g/mol. The average Bonchev–Trinajstić information content (AvgIpc) is 2.58. The lowest BCUT2D eigenvalue weighted by Crippen LogP contribution is -2.28. The van der Waals surface area contributed by atoms with Crippen molar-refractivity contribution in [3.63, 3.8) is 0 Å². The Morgan fingerprint density at radius 1 is 1.13 bits per heavy atom. The molecule has 0 fully saturated rings. The van der Waals surface area contributed by atoms with E-state index in [2.05, 4.69) is 21.2 Å². The molecule has 2 aromatic carbocycles. The molecule has 5 nitrogen and oxygen atoms in total. The van der Waals surface area contributed by atoms with Crippen LogP contribution in [0.1, 0.15) is 15.9 Å². The Morgan fingerprint density at radius 3 is 2.65 bits per heavy atom. The maximum absolute atomic E-state index is 11.8. The second-order valence-electron chi connectivity index (χ2n) is 4.71. The molecule has 6 heteroatoms. The number of esters is 1. The van der Waals surface area contributed by atoms with E-state index in [-0.39, 0.29) is 12.5 Å². The van der Waals surface area contributed by atoms with Crippen LogP contribution < -0.4 is 10.1 Å². The van der Waals surface area contributed by atoms with Crippen LogP contribution in [0.5, 0.6) is 5.75 Å². The van der Waals surface area contributed by atoms with Crippen LogP contribution >= 0.6 is 15.9 Å². The van der Waals surface area contributed by atoms with E-state index in [1.54, 1.807) is 31.4 Å². The number of nitrogens with one attached hydrogen (secondary N) is 1. The fraction of sp³-hybridized carbons (Fsp3) is 0.176. The van der Waals surface area contributed by atoms with Crippen molar-refractivity contribution < 1.29 is 19.1 Å². The predicted molar refractivity (Wildman–Crippen MR) is 89.3 cm³/mol. The van der Waals surface area contributed by atoms with E-state index in [0.29, 0.717) is 12.1 Å². The summed E-state index contributed by atoms with van der Waals surface area (Å²) < 4.78 is 10.9. The Kier molecular flexibility index (Phi) is 6.17. The molecule has 1 N–H and O–H groups in total.